The number of benzene rings is 2. The van der Waals surface area contributed by atoms with Gasteiger partial charge in [-0.2, -0.15) is 0 Å². The Hall–Kier alpha value is -3.84. The summed E-state index contributed by atoms with van der Waals surface area (Å²) in [6.07, 6.45) is 1.88. The molecule has 2 aromatic carbocycles. The molecule has 2 heterocycles. The molecule has 194 valence electrons. The number of aromatic nitrogens is 2. The molecule has 7 heteroatoms. The molecular formula is C30H33FN2O4. The van der Waals surface area contributed by atoms with Crippen LogP contribution in [0.5, 0.6) is 5.75 Å². The lowest BCUT2D eigenvalue weighted by molar-refractivity contribution is 0.0110. The predicted molar refractivity (Wildman–Crippen MR) is 142 cm³/mol. The normalized spacial score (nSPS) is 11.4. The number of esters is 1. The van der Waals surface area contributed by atoms with Gasteiger partial charge in [-0.3, -0.25) is 4.98 Å². The first kappa shape index (κ1) is 27.7. The Balaban J connectivity index is 0.00000186. The molecule has 0 radical (unpaired) electrons. The maximum Gasteiger partial charge on any atom is 0.361 e. The number of methoxy groups -OCH3 is 1. The second-order valence-corrected chi connectivity index (χ2v) is 8.36. The fraction of sp³-hybridized carbons (Fsp3) is 0.300. The molecule has 4 rings (SSSR count). The Morgan fingerprint density at radius 1 is 1.00 bits per heavy atom. The van der Waals surface area contributed by atoms with Crippen molar-refractivity contribution in [3.63, 3.8) is 0 Å². The maximum atomic E-state index is 13.3. The summed E-state index contributed by atoms with van der Waals surface area (Å²) in [7, 11) is 1.55. The second-order valence-electron chi connectivity index (χ2n) is 8.36. The molecule has 0 N–H and O–H groups in total. The summed E-state index contributed by atoms with van der Waals surface area (Å²) >= 11 is 0. The van der Waals surface area contributed by atoms with E-state index in [1.807, 2.05) is 57.2 Å². The van der Waals surface area contributed by atoms with Crippen LogP contribution in [0.15, 0.2) is 66.9 Å². The van der Waals surface area contributed by atoms with Gasteiger partial charge in [-0.15, -0.1) is 0 Å². The zero-order valence-electron chi connectivity index (χ0n) is 22.0. The third kappa shape index (κ3) is 7.33. The molecule has 0 bridgehead atoms. The number of aryl methyl sites for hydroxylation is 1. The summed E-state index contributed by atoms with van der Waals surface area (Å²) in [6.45, 7) is 8.08. The molecule has 0 aliphatic rings. The lowest BCUT2D eigenvalue weighted by Crippen LogP contribution is -2.21. The van der Waals surface area contributed by atoms with Gasteiger partial charge in [0.05, 0.1) is 6.61 Å². The zero-order chi connectivity index (χ0) is 26.8. The maximum absolute atomic E-state index is 13.3. The van der Waals surface area contributed by atoms with Gasteiger partial charge in [0, 0.05) is 24.4 Å². The van der Waals surface area contributed by atoms with Gasteiger partial charge in [0.1, 0.15) is 24.0 Å². The van der Waals surface area contributed by atoms with Crippen LogP contribution in [0.4, 0.5) is 4.39 Å². The van der Waals surface area contributed by atoms with Crippen LogP contribution in [-0.4, -0.2) is 35.8 Å². The number of pyridine rings is 2. The minimum absolute atomic E-state index is 0.0765. The van der Waals surface area contributed by atoms with Gasteiger partial charge < -0.3 is 14.2 Å². The smallest absolute Gasteiger partial charge is 0.361 e. The molecule has 37 heavy (non-hydrogen) atoms. The summed E-state index contributed by atoms with van der Waals surface area (Å²) in [6, 6.07) is 18.0. The molecule has 2 aromatic heterocycles. The summed E-state index contributed by atoms with van der Waals surface area (Å²) < 4.78 is 30.0. The van der Waals surface area contributed by atoms with Crippen molar-refractivity contribution in [3.8, 4) is 5.75 Å². The third-order valence-electron chi connectivity index (χ3n) is 5.49. The van der Waals surface area contributed by atoms with Gasteiger partial charge >= 0.3 is 5.97 Å². The van der Waals surface area contributed by atoms with E-state index in [-0.39, 0.29) is 30.5 Å². The largest absolute Gasteiger partial charge is 0.484 e. The molecule has 0 saturated heterocycles. The fourth-order valence-corrected chi connectivity index (χ4v) is 3.80. The first-order chi connectivity index (χ1) is 17.9. The summed E-state index contributed by atoms with van der Waals surface area (Å²) in [5.41, 5.74) is 4.08. The summed E-state index contributed by atoms with van der Waals surface area (Å²) in [5, 5.41) is 0.772. The van der Waals surface area contributed by atoms with Gasteiger partial charge in [-0.25, -0.2) is 14.2 Å². The molecule has 1 unspecified atom stereocenters. The van der Waals surface area contributed by atoms with Crippen molar-refractivity contribution in [2.75, 3.05) is 13.7 Å². The number of nitrogens with zero attached hydrogens (tertiary/aromatic N) is 2. The first-order valence-corrected chi connectivity index (χ1v) is 12.3. The minimum atomic E-state index is -0.597. The number of hydrogen-bond donors (Lipinski definition) is 0. The van der Waals surface area contributed by atoms with Gasteiger partial charge in [-0.05, 0) is 55.2 Å². The highest BCUT2D eigenvalue weighted by molar-refractivity contribution is 5.98. The lowest BCUT2D eigenvalue weighted by Gasteiger charge is -2.17. The Morgan fingerprint density at radius 2 is 1.70 bits per heavy atom. The highest BCUT2D eigenvalue weighted by Crippen LogP contribution is 2.31. The molecule has 0 spiro atoms. The number of halogens is 1. The molecule has 4 aromatic rings. The Kier molecular flexibility index (Phi) is 10.1. The number of fused-ring (bicyclic) bond motifs is 1. The quantitative estimate of drug-likeness (QED) is 0.244. The number of rotatable bonds is 9. The topological polar surface area (TPSA) is 70.5 Å². The van der Waals surface area contributed by atoms with Crippen molar-refractivity contribution in [2.24, 2.45) is 0 Å². The number of ether oxygens (including phenoxy) is 3. The molecule has 0 fully saturated rings. The first-order valence-electron chi connectivity index (χ1n) is 12.3. The van der Waals surface area contributed by atoms with E-state index in [2.05, 4.69) is 9.97 Å². The van der Waals surface area contributed by atoms with Crippen LogP contribution in [0.1, 0.15) is 53.6 Å². The monoisotopic (exact) mass is 504 g/mol. The van der Waals surface area contributed by atoms with Gasteiger partial charge in [0.25, 0.3) is 0 Å². The number of hydrogen-bond acceptors (Lipinski definition) is 6. The second kappa shape index (κ2) is 13.5. The van der Waals surface area contributed by atoms with E-state index in [0.717, 1.165) is 22.1 Å². The predicted octanol–water partition coefficient (Wildman–Crippen LogP) is 6.47. The molecule has 0 aliphatic heterocycles. The summed E-state index contributed by atoms with van der Waals surface area (Å²) in [5.74, 6) is -0.595. The van der Waals surface area contributed by atoms with E-state index in [9.17, 15) is 9.18 Å². The van der Waals surface area contributed by atoms with Crippen LogP contribution in [0.25, 0.3) is 10.9 Å². The SMILES string of the molecule is CC.COCC(C)OC(=O)c1nc(C)c2cc(Cc3ccc(F)cc3)cnc2c1OCc1ccccc1. The van der Waals surface area contributed by atoms with Crippen molar-refractivity contribution in [1.82, 2.24) is 9.97 Å². The zero-order valence-corrected chi connectivity index (χ0v) is 22.0. The van der Waals surface area contributed by atoms with Gasteiger partial charge in [-0.1, -0.05) is 56.3 Å². The van der Waals surface area contributed by atoms with E-state index in [0.29, 0.717) is 17.6 Å². The fourth-order valence-electron chi connectivity index (χ4n) is 3.80. The Labute approximate surface area is 217 Å². The van der Waals surface area contributed by atoms with Gasteiger partial charge in [0.2, 0.25) is 0 Å². The molecule has 1 atom stereocenters. The minimum Gasteiger partial charge on any atom is -0.484 e. The highest BCUT2D eigenvalue weighted by atomic mass is 19.1. The number of carbonyl (C=O) groups excluding carboxylic acids is 1. The average molecular weight is 505 g/mol. The molecule has 6 nitrogen and oxygen atoms in total. The molecule has 0 amide bonds. The van der Waals surface area contributed by atoms with Gasteiger partial charge in [0.15, 0.2) is 11.4 Å². The summed E-state index contributed by atoms with van der Waals surface area (Å²) in [4.78, 5) is 22.2. The van der Waals surface area contributed by atoms with E-state index in [1.54, 1.807) is 32.4 Å². The van der Waals surface area contributed by atoms with Crippen molar-refractivity contribution < 1.29 is 23.4 Å². The molecular weight excluding hydrogens is 471 g/mol. The highest BCUT2D eigenvalue weighted by Gasteiger charge is 2.24. The Bertz CT molecular complexity index is 1310. The standard InChI is InChI=1S/C28H27FN2O4.C2H6/c1-18(16-33-3)35-28(32)26-27(34-17-21-7-5-4-6-8-21)25-24(19(2)31-26)14-22(15-30-25)13-20-9-11-23(29)12-10-20;1-2/h4-12,14-15,18H,13,16-17H2,1-3H3;1-2H3. The van der Waals surface area contributed by atoms with Crippen molar-refractivity contribution in [1.29, 1.82) is 0 Å². The molecule has 0 saturated carbocycles. The van der Waals surface area contributed by atoms with E-state index in [4.69, 9.17) is 14.2 Å². The Morgan fingerprint density at radius 3 is 2.38 bits per heavy atom. The van der Waals surface area contributed by atoms with Crippen molar-refractivity contribution >= 4 is 16.9 Å². The average Bonchev–Trinajstić information content (AvgIpc) is 2.91. The van der Waals surface area contributed by atoms with Crippen LogP contribution in [0, 0.1) is 12.7 Å². The van der Waals surface area contributed by atoms with Crippen LogP contribution < -0.4 is 4.74 Å². The van der Waals surface area contributed by atoms with Crippen LogP contribution in [-0.2, 0) is 22.5 Å². The third-order valence-corrected chi connectivity index (χ3v) is 5.49. The van der Waals surface area contributed by atoms with Crippen LogP contribution >= 0.6 is 0 Å². The molecule has 0 aliphatic carbocycles. The van der Waals surface area contributed by atoms with E-state index in [1.165, 1.54) is 12.1 Å². The van der Waals surface area contributed by atoms with Crippen LogP contribution in [0.2, 0.25) is 0 Å². The van der Waals surface area contributed by atoms with Crippen LogP contribution in [0.3, 0.4) is 0 Å². The van der Waals surface area contributed by atoms with E-state index >= 15 is 0 Å². The number of carbonyl (C=O) groups is 1. The van der Waals surface area contributed by atoms with Crippen molar-refractivity contribution in [2.45, 2.75) is 46.8 Å². The lowest BCUT2D eigenvalue weighted by atomic mass is 10.0. The van der Waals surface area contributed by atoms with E-state index < -0.39 is 12.1 Å². The van der Waals surface area contributed by atoms with Crippen molar-refractivity contribution in [3.05, 3.63) is 101 Å².